The van der Waals surface area contributed by atoms with Gasteiger partial charge in [0.1, 0.15) is 10.7 Å². The first-order valence-corrected chi connectivity index (χ1v) is 9.77. The third kappa shape index (κ3) is 4.29. The molecule has 0 spiro atoms. The van der Waals surface area contributed by atoms with Crippen molar-refractivity contribution in [2.75, 3.05) is 19.7 Å². The SMILES string of the molecule is O=S(=O)(c1ccc(Cl)cc1F)N1CCC(COc2ccccn2)CC1. The predicted octanol–water partition coefficient (Wildman–Crippen LogP) is 3.35. The zero-order chi connectivity index (χ0) is 17.9. The molecule has 1 aromatic heterocycles. The van der Waals surface area contributed by atoms with E-state index < -0.39 is 15.8 Å². The van der Waals surface area contributed by atoms with Gasteiger partial charge in [-0.1, -0.05) is 17.7 Å². The molecule has 1 aromatic carbocycles. The van der Waals surface area contributed by atoms with Crippen LogP contribution in [0.5, 0.6) is 5.88 Å². The quantitative estimate of drug-likeness (QED) is 0.793. The van der Waals surface area contributed by atoms with Gasteiger partial charge in [-0.3, -0.25) is 0 Å². The maximum absolute atomic E-state index is 14.0. The van der Waals surface area contributed by atoms with E-state index >= 15 is 0 Å². The van der Waals surface area contributed by atoms with Gasteiger partial charge in [0.05, 0.1) is 6.61 Å². The number of benzene rings is 1. The Bertz CT molecular complexity index is 825. The fourth-order valence-electron chi connectivity index (χ4n) is 2.78. The first-order valence-electron chi connectivity index (χ1n) is 7.96. The second-order valence-corrected chi connectivity index (χ2v) is 8.24. The largest absolute Gasteiger partial charge is 0.477 e. The van der Waals surface area contributed by atoms with Crippen LogP contribution in [0.4, 0.5) is 4.39 Å². The van der Waals surface area contributed by atoms with Crippen LogP contribution in [0.3, 0.4) is 0 Å². The number of hydrogen-bond acceptors (Lipinski definition) is 4. The maximum Gasteiger partial charge on any atom is 0.245 e. The van der Waals surface area contributed by atoms with E-state index in [1.54, 1.807) is 12.3 Å². The molecular weight excluding hydrogens is 367 g/mol. The highest BCUT2D eigenvalue weighted by atomic mass is 35.5. The fraction of sp³-hybridized carbons (Fsp3) is 0.353. The molecule has 8 heteroatoms. The summed E-state index contributed by atoms with van der Waals surface area (Å²) in [5.41, 5.74) is 0. The third-order valence-electron chi connectivity index (χ3n) is 4.19. The highest BCUT2D eigenvalue weighted by Crippen LogP contribution is 2.27. The minimum absolute atomic E-state index is 0.168. The van der Waals surface area contributed by atoms with Crippen molar-refractivity contribution in [2.45, 2.75) is 17.7 Å². The first-order chi connectivity index (χ1) is 12.0. The summed E-state index contributed by atoms with van der Waals surface area (Å²) >= 11 is 5.69. The molecule has 0 aliphatic carbocycles. The van der Waals surface area contributed by atoms with Gasteiger partial charge < -0.3 is 4.74 Å². The molecule has 0 saturated carbocycles. The van der Waals surface area contributed by atoms with Crippen LogP contribution in [0.15, 0.2) is 47.5 Å². The van der Waals surface area contributed by atoms with Crippen LogP contribution >= 0.6 is 11.6 Å². The lowest BCUT2D eigenvalue weighted by atomic mass is 9.99. The average Bonchev–Trinajstić information content (AvgIpc) is 2.61. The molecule has 25 heavy (non-hydrogen) atoms. The van der Waals surface area contributed by atoms with E-state index in [-0.39, 0.29) is 15.8 Å². The fourth-order valence-corrected chi connectivity index (χ4v) is 4.45. The van der Waals surface area contributed by atoms with E-state index in [1.165, 1.54) is 16.4 Å². The Morgan fingerprint density at radius 1 is 1.24 bits per heavy atom. The van der Waals surface area contributed by atoms with E-state index in [2.05, 4.69) is 4.98 Å². The molecule has 134 valence electrons. The number of hydrogen-bond donors (Lipinski definition) is 0. The van der Waals surface area contributed by atoms with Crippen LogP contribution in [0.1, 0.15) is 12.8 Å². The number of nitrogens with zero attached hydrogens (tertiary/aromatic N) is 2. The Morgan fingerprint density at radius 2 is 2.00 bits per heavy atom. The number of sulfonamides is 1. The topological polar surface area (TPSA) is 59.5 Å². The lowest BCUT2D eigenvalue weighted by molar-refractivity contribution is 0.181. The number of piperidine rings is 1. The van der Waals surface area contributed by atoms with Gasteiger partial charge in [0.25, 0.3) is 0 Å². The predicted molar refractivity (Wildman–Crippen MR) is 92.6 cm³/mol. The molecule has 2 heterocycles. The highest BCUT2D eigenvalue weighted by Gasteiger charge is 2.31. The van der Waals surface area contributed by atoms with Crippen LogP contribution in [0.25, 0.3) is 0 Å². The molecule has 1 aliphatic heterocycles. The van der Waals surface area contributed by atoms with Gasteiger partial charge in [0.15, 0.2) is 0 Å². The molecule has 0 amide bonds. The molecule has 0 bridgehead atoms. The summed E-state index contributed by atoms with van der Waals surface area (Å²) < 4.78 is 46.1. The Labute approximate surface area is 151 Å². The zero-order valence-electron chi connectivity index (χ0n) is 13.4. The summed E-state index contributed by atoms with van der Waals surface area (Å²) in [6.07, 6.45) is 2.97. The maximum atomic E-state index is 14.0. The van der Waals surface area contributed by atoms with Gasteiger partial charge in [-0.25, -0.2) is 17.8 Å². The number of pyridine rings is 1. The molecule has 0 unspecified atom stereocenters. The van der Waals surface area contributed by atoms with E-state index in [1.807, 2.05) is 12.1 Å². The summed E-state index contributed by atoms with van der Waals surface area (Å²) in [6, 6.07) is 9.04. The minimum atomic E-state index is -3.85. The molecule has 1 fully saturated rings. The molecule has 1 aliphatic rings. The second kappa shape index (κ2) is 7.68. The number of rotatable bonds is 5. The van der Waals surface area contributed by atoms with Crippen LogP contribution < -0.4 is 4.74 Å². The van der Waals surface area contributed by atoms with Gasteiger partial charge in [-0.2, -0.15) is 4.31 Å². The Morgan fingerprint density at radius 3 is 2.64 bits per heavy atom. The van der Waals surface area contributed by atoms with E-state index in [0.717, 1.165) is 6.07 Å². The van der Waals surface area contributed by atoms with Crippen molar-refractivity contribution in [3.63, 3.8) is 0 Å². The lowest BCUT2D eigenvalue weighted by Gasteiger charge is -2.31. The zero-order valence-corrected chi connectivity index (χ0v) is 15.0. The normalized spacial score (nSPS) is 16.7. The first kappa shape index (κ1) is 18.1. The van der Waals surface area contributed by atoms with Crippen LogP contribution in [-0.4, -0.2) is 37.4 Å². The van der Waals surface area contributed by atoms with Crippen LogP contribution in [0, 0.1) is 11.7 Å². The smallest absolute Gasteiger partial charge is 0.245 e. The summed E-state index contributed by atoms with van der Waals surface area (Å²) in [7, 11) is -3.85. The molecule has 0 atom stereocenters. The summed E-state index contributed by atoms with van der Waals surface area (Å²) in [5, 5.41) is 0.168. The van der Waals surface area contributed by atoms with Gasteiger partial charge in [-0.05, 0) is 43.0 Å². The molecule has 3 rings (SSSR count). The van der Waals surface area contributed by atoms with Crippen molar-refractivity contribution in [1.82, 2.24) is 9.29 Å². The Balaban J connectivity index is 1.59. The molecular formula is C17H18ClFN2O3S. The van der Waals surface area contributed by atoms with Crippen molar-refractivity contribution in [1.29, 1.82) is 0 Å². The standard InChI is InChI=1S/C17H18ClFN2O3S/c18-14-4-5-16(15(19)11-14)25(22,23)21-9-6-13(7-10-21)12-24-17-3-1-2-8-20-17/h1-5,8,11,13H,6-7,9-10,12H2. The summed E-state index contributed by atoms with van der Waals surface area (Å²) in [4.78, 5) is 3.76. The van der Waals surface area contributed by atoms with Crippen LogP contribution in [0.2, 0.25) is 5.02 Å². The van der Waals surface area contributed by atoms with Gasteiger partial charge in [-0.15, -0.1) is 0 Å². The highest BCUT2D eigenvalue weighted by molar-refractivity contribution is 7.89. The van der Waals surface area contributed by atoms with Crippen molar-refractivity contribution in [3.8, 4) is 5.88 Å². The Kier molecular flexibility index (Phi) is 5.56. The average molecular weight is 385 g/mol. The lowest BCUT2D eigenvalue weighted by Crippen LogP contribution is -2.40. The van der Waals surface area contributed by atoms with Gasteiger partial charge in [0.2, 0.25) is 15.9 Å². The van der Waals surface area contributed by atoms with E-state index in [4.69, 9.17) is 16.3 Å². The van der Waals surface area contributed by atoms with Crippen molar-refractivity contribution in [3.05, 3.63) is 53.4 Å². The van der Waals surface area contributed by atoms with Crippen molar-refractivity contribution in [2.24, 2.45) is 5.92 Å². The van der Waals surface area contributed by atoms with Gasteiger partial charge in [0, 0.05) is 30.4 Å². The van der Waals surface area contributed by atoms with Crippen molar-refractivity contribution < 1.29 is 17.5 Å². The number of ether oxygens (including phenoxy) is 1. The molecule has 0 N–H and O–H groups in total. The summed E-state index contributed by atoms with van der Waals surface area (Å²) in [5.74, 6) is -0.0302. The van der Waals surface area contributed by atoms with Gasteiger partial charge >= 0.3 is 0 Å². The second-order valence-electron chi connectivity index (χ2n) is 5.90. The van der Waals surface area contributed by atoms with Crippen LogP contribution in [-0.2, 0) is 10.0 Å². The molecule has 1 saturated heterocycles. The monoisotopic (exact) mass is 384 g/mol. The molecule has 0 radical (unpaired) electrons. The molecule has 2 aromatic rings. The van der Waals surface area contributed by atoms with E-state index in [9.17, 15) is 12.8 Å². The minimum Gasteiger partial charge on any atom is -0.477 e. The Hall–Kier alpha value is -1.70. The molecule has 5 nitrogen and oxygen atoms in total. The van der Waals surface area contributed by atoms with E-state index in [0.29, 0.717) is 38.4 Å². The third-order valence-corrected chi connectivity index (χ3v) is 6.36. The number of halogens is 2. The summed E-state index contributed by atoms with van der Waals surface area (Å²) in [6.45, 7) is 1.15. The number of aromatic nitrogens is 1. The van der Waals surface area contributed by atoms with Crippen molar-refractivity contribution >= 4 is 21.6 Å².